The van der Waals surface area contributed by atoms with Crippen molar-refractivity contribution in [3.63, 3.8) is 0 Å². The normalized spacial score (nSPS) is 18.7. The second kappa shape index (κ2) is 8.76. The number of aromatic nitrogens is 3. The molecule has 1 fully saturated rings. The molecule has 1 aromatic carbocycles. The fourth-order valence-electron chi connectivity index (χ4n) is 5.44. The van der Waals surface area contributed by atoms with E-state index in [1.165, 1.54) is 30.7 Å². The maximum Gasteiger partial charge on any atom is 0.256 e. The first-order chi connectivity index (χ1) is 17.6. The monoisotopic (exact) mass is 478 g/mol. The van der Waals surface area contributed by atoms with Gasteiger partial charge in [-0.25, -0.2) is 9.67 Å². The van der Waals surface area contributed by atoms with Gasteiger partial charge in [-0.3, -0.25) is 9.59 Å². The Kier molecular flexibility index (Phi) is 5.41. The molecule has 0 spiro atoms. The maximum atomic E-state index is 13.6. The third-order valence-electron chi connectivity index (χ3n) is 7.47. The highest BCUT2D eigenvalue weighted by Gasteiger charge is 2.40. The number of nitrogens with zero attached hydrogens (tertiary/aromatic N) is 6. The molecule has 180 valence electrons. The lowest BCUT2D eigenvalue weighted by molar-refractivity contribution is -0.126. The molecule has 8 heteroatoms. The zero-order valence-electron chi connectivity index (χ0n) is 19.9. The van der Waals surface area contributed by atoms with Gasteiger partial charge in [-0.05, 0) is 54.7 Å². The summed E-state index contributed by atoms with van der Waals surface area (Å²) in [7, 11) is 0. The number of nitriles is 1. The van der Waals surface area contributed by atoms with Gasteiger partial charge < -0.3 is 9.80 Å². The summed E-state index contributed by atoms with van der Waals surface area (Å²) < 4.78 is 2.03. The molecule has 0 saturated heterocycles. The van der Waals surface area contributed by atoms with Crippen LogP contribution in [0.25, 0.3) is 5.69 Å². The van der Waals surface area contributed by atoms with Crippen LogP contribution in [-0.2, 0) is 17.6 Å². The Hall–Kier alpha value is -4.25. The lowest BCUT2D eigenvalue weighted by atomic mass is 9.95. The van der Waals surface area contributed by atoms with Gasteiger partial charge >= 0.3 is 0 Å². The quantitative estimate of drug-likeness (QED) is 0.536. The van der Waals surface area contributed by atoms with Crippen molar-refractivity contribution in [3.8, 4) is 11.8 Å². The maximum absolute atomic E-state index is 13.6. The summed E-state index contributed by atoms with van der Waals surface area (Å²) in [6.07, 6.45) is 6.58. The number of pyridine rings is 1. The zero-order valence-corrected chi connectivity index (χ0v) is 19.9. The zero-order chi connectivity index (χ0) is 24.8. The van der Waals surface area contributed by atoms with Crippen LogP contribution in [0.3, 0.4) is 0 Å². The van der Waals surface area contributed by atoms with Crippen LogP contribution in [-0.4, -0.2) is 56.0 Å². The molecule has 0 radical (unpaired) electrons. The molecule has 3 aromatic rings. The van der Waals surface area contributed by atoms with Crippen LogP contribution in [0.5, 0.6) is 0 Å². The van der Waals surface area contributed by atoms with E-state index in [0.29, 0.717) is 44.0 Å². The number of hydrogen-bond acceptors (Lipinski definition) is 5. The summed E-state index contributed by atoms with van der Waals surface area (Å²) >= 11 is 0. The van der Waals surface area contributed by atoms with Crippen molar-refractivity contribution >= 4 is 11.8 Å². The number of carbonyl (C=O) groups excluding carboxylic acids is 2. The molecule has 4 heterocycles. The molecule has 1 atom stereocenters. The van der Waals surface area contributed by atoms with E-state index in [9.17, 15) is 9.59 Å². The Morgan fingerprint density at radius 3 is 2.56 bits per heavy atom. The Labute approximate surface area is 209 Å². The molecule has 2 aromatic heterocycles. The molecular formula is C28H26N6O2. The van der Waals surface area contributed by atoms with Gasteiger partial charge in [0, 0.05) is 44.2 Å². The standard InChI is InChI=1S/C28H26N6O2/c1-2-26(35)32-13-11-23-27-24(34(31-23)22-9-6-19(7-10-22)18-3-4-18)12-14-33(25(27)17-32)28(36)20-5-8-21(15-29)30-16-20/h2,5-10,16,18,25H,1,3-4,11-14,17H2/t25-/m1/s1. The molecular weight excluding hydrogens is 452 g/mol. The van der Waals surface area contributed by atoms with Crippen LogP contribution in [0.1, 0.15) is 63.4 Å². The average Bonchev–Trinajstić information content (AvgIpc) is 3.73. The van der Waals surface area contributed by atoms with Crippen molar-refractivity contribution in [1.82, 2.24) is 24.6 Å². The van der Waals surface area contributed by atoms with Gasteiger partial charge in [-0.1, -0.05) is 18.7 Å². The molecule has 1 aliphatic carbocycles. The summed E-state index contributed by atoms with van der Waals surface area (Å²) in [5, 5.41) is 14.1. The molecule has 8 nitrogen and oxygen atoms in total. The predicted molar refractivity (Wildman–Crippen MR) is 132 cm³/mol. The van der Waals surface area contributed by atoms with E-state index in [1.807, 2.05) is 15.7 Å². The summed E-state index contributed by atoms with van der Waals surface area (Å²) in [6, 6.07) is 13.5. The number of hydrogen-bond donors (Lipinski definition) is 0. The Morgan fingerprint density at radius 2 is 1.89 bits per heavy atom. The highest BCUT2D eigenvalue weighted by Crippen LogP contribution is 2.41. The van der Waals surface area contributed by atoms with Gasteiger partial charge in [-0.15, -0.1) is 0 Å². The first-order valence-electron chi connectivity index (χ1n) is 12.4. The molecule has 36 heavy (non-hydrogen) atoms. The van der Waals surface area contributed by atoms with Crippen LogP contribution in [0.15, 0.2) is 55.3 Å². The summed E-state index contributed by atoms with van der Waals surface area (Å²) in [6.45, 7) is 5.05. The van der Waals surface area contributed by atoms with E-state index >= 15 is 0 Å². The van der Waals surface area contributed by atoms with Gasteiger partial charge in [0.2, 0.25) is 5.91 Å². The lowest BCUT2D eigenvalue weighted by Gasteiger charge is -2.37. The number of benzene rings is 1. The Morgan fingerprint density at radius 1 is 1.08 bits per heavy atom. The first-order valence-corrected chi connectivity index (χ1v) is 12.4. The highest BCUT2D eigenvalue weighted by molar-refractivity contribution is 5.94. The van der Waals surface area contributed by atoms with Crippen molar-refractivity contribution in [2.45, 2.75) is 37.6 Å². The minimum Gasteiger partial charge on any atom is -0.336 e. The fraction of sp³-hybridized carbons (Fsp3) is 0.321. The fourth-order valence-corrected chi connectivity index (χ4v) is 5.44. The highest BCUT2D eigenvalue weighted by atomic mass is 16.2. The summed E-state index contributed by atoms with van der Waals surface area (Å²) in [4.78, 5) is 33.9. The third-order valence-corrected chi connectivity index (χ3v) is 7.47. The molecule has 0 unspecified atom stereocenters. The van der Waals surface area contributed by atoms with Crippen molar-refractivity contribution in [1.29, 1.82) is 5.26 Å². The van der Waals surface area contributed by atoms with Gasteiger partial charge in [-0.2, -0.15) is 10.4 Å². The van der Waals surface area contributed by atoms with E-state index in [-0.39, 0.29) is 23.6 Å². The summed E-state index contributed by atoms with van der Waals surface area (Å²) in [5.41, 5.74) is 6.16. The molecule has 2 amide bonds. The van der Waals surface area contributed by atoms with E-state index in [0.717, 1.165) is 22.6 Å². The molecule has 0 bridgehead atoms. The van der Waals surface area contributed by atoms with E-state index < -0.39 is 0 Å². The number of carbonyl (C=O) groups is 2. The number of amides is 2. The van der Waals surface area contributed by atoms with Gasteiger partial charge in [0.25, 0.3) is 5.91 Å². The SMILES string of the molecule is C=CC(=O)N1CCc2nn(-c3ccc(C4CC4)cc3)c3c2[C@@H](C1)N(C(=O)c1ccc(C#N)nc1)CC3. The topological polar surface area (TPSA) is 95.1 Å². The van der Waals surface area contributed by atoms with Crippen LogP contribution < -0.4 is 0 Å². The minimum absolute atomic E-state index is 0.150. The van der Waals surface area contributed by atoms with Crippen LogP contribution in [0.2, 0.25) is 0 Å². The molecule has 2 aliphatic heterocycles. The first kappa shape index (κ1) is 22.2. The molecule has 0 N–H and O–H groups in total. The second-order valence-corrected chi connectivity index (χ2v) is 9.63. The van der Waals surface area contributed by atoms with Gasteiger partial charge in [0.05, 0.1) is 28.7 Å². The average molecular weight is 479 g/mol. The Balaban J connectivity index is 1.39. The van der Waals surface area contributed by atoms with Crippen molar-refractivity contribution in [2.24, 2.45) is 0 Å². The Bertz CT molecular complexity index is 1400. The van der Waals surface area contributed by atoms with E-state index in [1.54, 1.807) is 17.0 Å². The second-order valence-electron chi connectivity index (χ2n) is 9.63. The molecule has 1 saturated carbocycles. The predicted octanol–water partition coefficient (Wildman–Crippen LogP) is 3.33. The summed E-state index contributed by atoms with van der Waals surface area (Å²) in [5.74, 6) is 0.382. The van der Waals surface area contributed by atoms with Crippen LogP contribution >= 0.6 is 0 Å². The van der Waals surface area contributed by atoms with E-state index in [4.69, 9.17) is 10.4 Å². The van der Waals surface area contributed by atoms with Crippen molar-refractivity contribution in [3.05, 3.63) is 89.0 Å². The minimum atomic E-state index is -0.321. The molecule has 6 rings (SSSR count). The number of rotatable bonds is 4. The smallest absolute Gasteiger partial charge is 0.256 e. The van der Waals surface area contributed by atoms with Crippen molar-refractivity contribution in [2.75, 3.05) is 19.6 Å². The van der Waals surface area contributed by atoms with E-state index in [2.05, 4.69) is 35.8 Å². The lowest BCUT2D eigenvalue weighted by Crippen LogP contribution is -2.45. The third kappa shape index (κ3) is 3.77. The molecule has 3 aliphatic rings. The van der Waals surface area contributed by atoms with Crippen LogP contribution in [0.4, 0.5) is 0 Å². The van der Waals surface area contributed by atoms with Gasteiger partial charge in [0.1, 0.15) is 11.8 Å². The van der Waals surface area contributed by atoms with Crippen molar-refractivity contribution < 1.29 is 9.59 Å². The van der Waals surface area contributed by atoms with Gasteiger partial charge in [0.15, 0.2) is 0 Å². The van der Waals surface area contributed by atoms with Crippen LogP contribution in [0, 0.1) is 11.3 Å². The largest absolute Gasteiger partial charge is 0.336 e.